The van der Waals surface area contributed by atoms with Crippen LogP contribution in [0, 0.1) is 0 Å². The lowest BCUT2D eigenvalue weighted by Gasteiger charge is -2.23. The second-order valence-corrected chi connectivity index (χ2v) is 11.7. The lowest BCUT2D eigenvalue weighted by molar-refractivity contribution is 0.936. The van der Waals surface area contributed by atoms with E-state index in [2.05, 4.69) is 140 Å². The maximum atomic E-state index is 5.16. The maximum Gasteiger partial charge on any atom is 0.0896 e. The molecule has 2 heterocycles. The summed E-state index contributed by atoms with van der Waals surface area (Å²) in [4.78, 5) is 9.88. The first-order chi connectivity index (χ1) is 21.8. The van der Waals surface area contributed by atoms with Crippen molar-refractivity contribution in [3.05, 3.63) is 191 Å². The average Bonchev–Trinajstić information content (AvgIpc) is 3.62. The highest BCUT2D eigenvalue weighted by molar-refractivity contribution is 5.91. The molecule has 2 nitrogen and oxygen atoms in total. The van der Waals surface area contributed by atoms with Gasteiger partial charge in [0.15, 0.2) is 0 Å². The van der Waals surface area contributed by atoms with Gasteiger partial charge in [0.2, 0.25) is 0 Å². The molecule has 0 spiro atoms. The van der Waals surface area contributed by atoms with Gasteiger partial charge >= 0.3 is 0 Å². The van der Waals surface area contributed by atoms with Gasteiger partial charge in [0.1, 0.15) is 0 Å². The minimum Gasteiger partial charge on any atom is -0.255 e. The van der Waals surface area contributed by atoms with E-state index in [0.717, 1.165) is 22.6 Å². The highest BCUT2D eigenvalue weighted by Crippen LogP contribution is 2.58. The molecule has 5 aromatic carbocycles. The third-order valence-electron chi connectivity index (χ3n) is 9.30. The SMILES string of the molecule is c1ccc(-c2cc(C3c4ccccc4-c4ccc5c(c43)C(c3ccccc3)c3ccccc3-5)cc(-c3ccccn3)n2)cc1. The molecule has 2 atom stereocenters. The van der Waals surface area contributed by atoms with Crippen molar-refractivity contribution < 1.29 is 0 Å². The molecule has 0 bridgehead atoms. The number of fused-ring (bicyclic) bond motifs is 7. The molecule has 2 heteroatoms. The van der Waals surface area contributed by atoms with Gasteiger partial charge in [-0.3, -0.25) is 4.98 Å². The number of hydrogen-bond acceptors (Lipinski definition) is 2. The molecule has 44 heavy (non-hydrogen) atoms. The van der Waals surface area contributed by atoms with E-state index in [1.54, 1.807) is 0 Å². The zero-order chi connectivity index (χ0) is 29.0. The second kappa shape index (κ2) is 10.00. The van der Waals surface area contributed by atoms with Gasteiger partial charge in [-0.15, -0.1) is 0 Å². The summed E-state index contributed by atoms with van der Waals surface area (Å²) in [5.74, 6) is 0.226. The van der Waals surface area contributed by atoms with Gasteiger partial charge in [0.25, 0.3) is 0 Å². The smallest absolute Gasteiger partial charge is 0.0896 e. The van der Waals surface area contributed by atoms with Crippen LogP contribution in [0.25, 0.3) is 44.9 Å². The van der Waals surface area contributed by atoms with E-state index < -0.39 is 0 Å². The first-order valence-corrected chi connectivity index (χ1v) is 15.2. The molecular formula is C42H28N2. The van der Waals surface area contributed by atoms with Crippen LogP contribution in [-0.4, -0.2) is 9.97 Å². The molecule has 0 aliphatic heterocycles. The fourth-order valence-electron chi connectivity index (χ4n) is 7.49. The minimum atomic E-state index is 0.0598. The van der Waals surface area contributed by atoms with Gasteiger partial charge in [-0.25, -0.2) is 4.98 Å². The Morgan fingerprint density at radius 1 is 0.386 bits per heavy atom. The monoisotopic (exact) mass is 560 g/mol. The number of benzene rings is 5. The molecule has 0 radical (unpaired) electrons. The van der Waals surface area contributed by atoms with Crippen LogP contribution in [0.15, 0.2) is 158 Å². The number of pyridine rings is 2. The topological polar surface area (TPSA) is 25.8 Å². The minimum absolute atomic E-state index is 0.0598. The van der Waals surface area contributed by atoms with Crippen LogP contribution in [0.2, 0.25) is 0 Å². The molecule has 2 aromatic heterocycles. The standard InChI is InChI=1S/C42H28N2/c1-3-13-27(14-4-1)37-25-29(26-38(44-37)36-21-11-12-24-43-36)40-33-20-10-8-18-31(33)35-23-22-34-30-17-7-9-19-32(30)39(41(34)42(35)40)28-15-5-2-6-16-28/h1-26,39-40H. The fraction of sp³-hybridized carbons (Fsp3) is 0.0476. The van der Waals surface area contributed by atoms with Gasteiger partial charge in [-0.2, -0.15) is 0 Å². The fourth-order valence-corrected chi connectivity index (χ4v) is 7.49. The van der Waals surface area contributed by atoms with Gasteiger partial charge in [0, 0.05) is 23.6 Å². The molecule has 2 aliphatic rings. The highest BCUT2D eigenvalue weighted by atomic mass is 14.8. The molecule has 7 aromatic rings. The van der Waals surface area contributed by atoms with Crippen molar-refractivity contribution in [2.24, 2.45) is 0 Å². The van der Waals surface area contributed by atoms with Crippen LogP contribution in [0.1, 0.15) is 45.2 Å². The number of hydrogen-bond donors (Lipinski definition) is 0. The van der Waals surface area contributed by atoms with Crippen molar-refractivity contribution in [3.63, 3.8) is 0 Å². The molecule has 0 N–H and O–H groups in total. The Labute approximate surface area is 257 Å². The summed E-state index contributed by atoms with van der Waals surface area (Å²) in [7, 11) is 0. The van der Waals surface area contributed by atoms with E-state index in [1.165, 1.54) is 55.6 Å². The summed E-state index contributed by atoms with van der Waals surface area (Å²) < 4.78 is 0. The van der Waals surface area contributed by atoms with Crippen molar-refractivity contribution in [3.8, 4) is 44.9 Å². The third kappa shape index (κ3) is 3.81. The van der Waals surface area contributed by atoms with Crippen LogP contribution in [0.4, 0.5) is 0 Å². The quantitative estimate of drug-likeness (QED) is 0.214. The molecule has 0 fully saturated rings. The molecule has 2 aliphatic carbocycles. The van der Waals surface area contributed by atoms with E-state index in [9.17, 15) is 0 Å². The van der Waals surface area contributed by atoms with Gasteiger partial charge < -0.3 is 0 Å². The van der Waals surface area contributed by atoms with Gasteiger partial charge in [-0.05, 0) is 79.9 Å². The molecule has 9 rings (SSSR count). The normalized spacial score (nSPS) is 15.7. The molecule has 206 valence electrons. The Kier molecular flexibility index (Phi) is 5.67. The molecule has 0 amide bonds. The first kappa shape index (κ1) is 24.9. The van der Waals surface area contributed by atoms with Crippen LogP contribution < -0.4 is 0 Å². The predicted molar refractivity (Wildman–Crippen MR) is 179 cm³/mol. The van der Waals surface area contributed by atoms with E-state index in [0.29, 0.717) is 0 Å². The lowest BCUT2D eigenvalue weighted by atomic mass is 9.80. The maximum absolute atomic E-state index is 5.16. The van der Waals surface area contributed by atoms with Crippen LogP contribution in [0.3, 0.4) is 0 Å². The van der Waals surface area contributed by atoms with Crippen molar-refractivity contribution in [2.75, 3.05) is 0 Å². The van der Waals surface area contributed by atoms with Crippen molar-refractivity contribution >= 4 is 0 Å². The van der Waals surface area contributed by atoms with E-state index >= 15 is 0 Å². The van der Waals surface area contributed by atoms with E-state index in [1.807, 2.05) is 18.3 Å². The predicted octanol–water partition coefficient (Wildman–Crippen LogP) is 10.1. The zero-order valence-electron chi connectivity index (χ0n) is 24.1. The number of aromatic nitrogens is 2. The second-order valence-electron chi connectivity index (χ2n) is 11.7. The molecule has 0 saturated heterocycles. The summed E-state index contributed by atoms with van der Waals surface area (Å²) in [6.45, 7) is 0. The summed E-state index contributed by atoms with van der Waals surface area (Å²) in [6.07, 6.45) is 1.85. The summed E-state index contributed by atoms with van der Waals surface area (Å²) in [6, 6.07) is 54.8. The Hall–Kier alpha value is -5.60. The summed E-state index contributed by atoms with van der Waals surface area (Å²) >= 11 is 0. The van der Waals surface area contributed by atoms with Crippen molar-refractivity contribution in [1.82, 2.24) is 9.97 Å². The van der Waals surface area contributed by atoms with Gasteiger partial charge in [0.05, 0.1) is 17.1 Å². The Bertz CT molecular complexity index is 2110. The zero-order valence-corrected chi connectivity index (χ0v) is 24.1. The van der Waals surface area contributed by atoms with Crippen molar-refractivity contribution in [2.45, 2.75) is 11.8 Å². The highest BCUT2D eigenvalue weighted by Gasteiger charge is 2.40. The largest absolute Gasteiger partial charge is 0.255 e. The number of rotatable bonds is 4. The average molecular weight is 561 g/mol. The lowest BCUT2D eigenvalue weighted by Crippen LogP contribution is -2.08. The Morgan fingerprint density at radius 2 is 0.932 bits per heavy atom. The van der Waals surface area contributed by atoms with Crippen molar-refractivity contribution in [1.29, 1.82) is 0 Å². The summed E-state index contributed by atoms with van der Waals surface area (Å²) in [5.41, 5.74) is 17.3. The molecule has 0 saturated carbocycles. The van der Waals surface area contributed by atoms with E-state index in [-0.39, 0.29) is 11.8 Å². The van der Waals surface area contributed by atoms with E-state index in [4.69, 9.17) is 9.97 Å². The molecular weight excluding hydrogens is 532 g/mol. The summed E-state index contributed by atoms with van der Waals surface area (Å²) in [5, 5.41) is 0. The first-order valence-electron chi connectivity index (χ1n) is 15.2. The Morgan fingerprint density at radius 3 is 1.57 bits per heavy atom. The Balaban J connectivity index is 1.35. The van der Waals surface area contributed by atoms with Crippen LogP contribution in [-0.2, 0) is 0 Å². The molecule has 2 unspecified atom stereocenters. The van der Waals surface area contributed by atoms with Gasteiger partial charge in [-0.1, -0.05) is 127 Å². The third-order valence-corrected chi connectivity index (χ3v) is 9.30. The van der Waals surface area contributed by atoms with Crippen LogP contribution in [0.5, 0.6) is 0 Å². The van der Waals surface area contributed by atoms with Crippen LogP contribution >= 0.6 is 0 Å². The number of nitrogens with zero attached hydrogens (tertiary/aromatic N) is 2.